The largest absolute Gasteiger partial charge is 0.507 e. The first-order valence-corrected chi connectivity index (χ1v) is 6.92. The van der Waals surface area contributed by atoms with E-state index in [0.29, 0.717) is 16.6 Å². The molecular weight excluding hydrogens is 294 g/mol. The minimum Gasteiger partial charge on any atom is -0.507 e. The van der Waals surface area contributed by atoms with Crippen LogP contribution in [0, 0.1) is 17.0 Å². The third-order valence-electron chi connectivity index (χ3n) is 3.46. The normalized spacial score (nSPS) is 11.2. The van der Waals surface area contributed by atoms with Crippen molar-refractivity contribution in [1.82, 2.24) is 4.98 Å². The fourth-order valence-corrected chi connectivity index (χ4v) is 2.34. The molecule has 0 aliphatic carbocycles. The molecule has 0 saturated carbocycles. The number of hydrogen-bond acceptors (Lipinski definition) is 5. The Balaban J connectivity index is 2.14. The maximum atomic E-state index is 11.3. The van der Waals surface area contributed by atoms with Crippen LogP contribution in [0.3, 0.4) is 0 Å². The Labute approximate surface area is 131 Å². The van der Waals surface area contributed by atoms with Gasteiger partial charge in [-0.25, -0.2) is 9.98 Å². The lowest BCUT2D eigenvalue weighted by molar-refractivity contribution is -0.383. The van der Waals surface area contributed by atoms with Gasteiger partial charge in [0, 0.05) is 29.4 Å². The predicted molar refractivity (Wildman–Crippen MR) is 88.5 cm³/mol. The molecule has 0 fully saturated rings. The molecule has 2 aromatic carbocycles. The number of aryl methyl sites for hydroxylation is 1. The highest BCUT2D eigenvalue weighted by Gasteiger charge is 2.17. The molecule has 0 aliphatic rings. The van der Waals surface area contributed by atoms with Gasteiger partial charge < -0.3 is 5.11 Å². The Morgan fingerprint density at radius 2 is 1.96 bits per heavy atom. The Morgan fingerprint density at radius 3 is 2.65 bits per heavy atom. The van der Waals surface area contributed by atoms with Crippen LogP contribution in [0.4, 0.5) is 11.5 Å². The Hall–Kier alpha value is -3.28. The zero-order valence-corrected chi connectivity index (χ0v) is 12.3. The van der Waals surface area contributed by atoms with E-state index in [0.717, 1.165) is 5.56 Å². The fraction of sp³-hybridized carbons (Fsp3) is 0.0588. The van der Waals surface area contributed by atoms with Gasteiger partial charge in [-0.15, -0.1) is 0 Å². The van der Waals surface area contributed by atoms with Crippen molar-refractivity contribution in [3.8, 4) is 5.75 Å². The van der Waals surface area contributed by atoms with E-state index in [1.807, 2.05) is 13.0 Å². The summed E-state index contributed by atoms with van der Waals surface area (Å²) in [6, 6.07) is 11.6. The summed E-state index contributed by atoms with van der Waals surface area (Å²) in [5.41, 5.74) is 1.21. The lowest BCUT2D eigenvalue weighted by atomic mass is 10.0. The molecule has 0 atom stereocenters. The number of aromatic nitrogens is 1. The number of hydrogen-bond donors (Lipinski definition) is 1. The molecule has 1 aromatic heterocycles. The number of non-ortho nitro benzene ring substituents is 1. The number of rotatable bonds is 3. The zero-order chi connectivity index (χ0) is 16.4. The van der Waals surface area contributed by atoms with Crippen molar-refractivity contribution < 1.29 is 10.0 Å². The molecule has 3 rings (SSSR count). The highest BCUT2D eigenvalue weighted by Crippen LogP contribution is 2.35. The first-order chi connectivity index (χ1) is 11.1. The summed E-state index contributed by atoms with van der Waals surface area (Å²) in [6.45, 7) is 1.92. The minimum atomic E-state index is -0.468. The van der Waals surface area contributed by atoms with Crippen LogP contribution in [-0.2, 0) is 0 Å². The lowest BCUT2D eigenvalue weighted by Crippen LogP contribution is -1.93. The molecule has 0 spiro atoms. The van der Waals surface area contributed by atoms with Crippen molar-refractivity contribution in [1.29, 1.82) is 0 Å². The van der Waals surface area contributed by atoms with Gasteiger partial charge in [-0.3, -0.25) is 10.1 Å². The van der Waals surface area contributed by atoms with E-state index < -0.39 is 4.92 Å². The molecule has 0 amide bonds. The topological polar surface area (TPSA) is 88.6 Å². The quantitative estimate of drug-likeness (QED) is 0.451. The molecule has 1 heterocycles. The van der Waals surface area contributed by atoms with Gasteiger partial charge in [0.25, 0.3) is 5.69 Å². The van der Waals surface area contributed by atoms with Gasteiger partial charge in [0.05, 0.1) is 10.3 Å². The van der Waals surface area contributed by atoms with Crippen LogP contribution in [-0.4, -0.2) is 21.2 Å². The second-order valence-corrected chi connectivity index (χ2v) is 5.09. The van der Waals surface area contributed by atoms with Gasteiger partial charge in [0.1, 0.15) is 5.75 Å². The first kappa shape index (κ1) is 14.6. The van der Waals surface area contributed by atoms with E-state index in [4.69, 9.17) is 0 Å². The third-order valence-corrected chi connectivity index (χ3v) is 3.46. The van der Waals surface area contributed by atoms with E-state index in [9.17, 15) is 15.2 Å². The summed E-state index contributed by atoms with van der Waals surface area (Å²) in [7, 11) is 0. The van der Waals surface area contributed by atoms with Crippen LogP contribution in [0.25, 0.3) is 10.8 Å². The van der Waals surface area contributed by atoms with Crippen molar-refractivity contribution in [3.05, 3.63) is 69.9 Å². The number of aromatic hydroxyl groups is 1. The monoisotopic (exact) mass is 307 g/mol. The van der Waals surface area contributed by atoms with Gasteiger partial charge in [0.15, 0.2) is 5.82 Å². The van der Waals surface area contributed by atoms with Crippen LogP contribution in [0.15, 0.2) is 53.7 Å². The predicted octanol–water partition coefficient (Wildman–Crippen LogP) is 3.91. The van der Waals surface area contributed by atoms with Gasteiger partial charge in [0.2, 0.25) is 0 Å². The number of phenols is 1. The van der Waals surface area contributed by atoms with Crippen molar-refractivity contribution in [2.24, 2.45) is 4.99 Å². The second kappa shape index (κ2) is 5.84. The van der Waals surface area contributed by atoms with Crippen LogP contribution >= 0.6 is 0 Å². The molecule has 0 aliphatic heterocycles. The molecular formula is C17H13N3O3. The molecule has 6 nitrogen and oxygen atoms in total. The number of nitro benzene ring substituents is 1. The van der Waals surface area contributed by atoms with Gasteiger partial charge in [-0.2, -0.15) is 0 Å². The molecule has 0 radical (unpaired) electrons. The van der Waals surface area contributed by atoms with Crippen LogP contribution in [0.5, 0.6) is 5.75 Å². The smallest absolute Gasteiger partial charge is 0.278 e. The maximum absolute atomic E-state index is 11.3. The molecule has 0 unspecified atom stereocenters. The number of benzene rings is 2. The van der Waals surface area contributed by atoms with E-state index in [1.54, 1.807) is 36.5 Å². The van der Waals surface area contributed by atoms with Gasteiger partial charge in [-0.1, -0.05) is 18.2 Å². The zero-order valence-electron chi connectivity index (χ0n) is 12.3. The standard InChI is InChI=1S/C17H13N3O3/c1-11-6-7-18-16(8-11)19-10-12-9-15(20(22)23)13-4-2-3-5-14(13)17(12)21/h2-10,21H,1H3. The minimum absolute atomic E-state index is 0.0393. The van der Waals surface area contributed by atoms with Crippen molar-refractivity contribution in [2.45, 2.75) is 6.92 Å². The first-order valence-electron chi connectivity index (χ1n) is 6.92. The summed E-state index contributed by atoms with van der Waals surface area (Å²) in [5.74, 6) is 0.433. The van der Waals surface area contributed by atoms with Crippen LogP contribution in [0.1, 0.15) is 11.1 Å². The number of nitrogens with zero attached hydrogens (tertiary/aromatic N) is 3. The van der Waals surface area contributed by atoms with E-state index >= 15 is 0 Å². The van der Waals surface area contributed by atoms with Crippen molar-refractivity contribution in [3.63, 3.8) is 0 Å². The average Bonchev–Trinajstić information content (AvgIpc) is 2.54. The average molecular weight is 307 g/mol. The summed E-state index contributed by atoms with van der Waals surface area (Å²) >= 11 is 0. The number of phenolic OH excluding ortho intramolecular Hbond substituents is 1. The molecule has 114 valence electrons. The summed E-state index contributed by atoms with van der Waals surface area (Å²) in [4.78, 5) is 19.1. The van der Waals surface area contributed by atoms with E-state index in [-0.39, 0.29) is 17.0 Å². The molecule has 1 N–H and O–H groups in total. The van der Waals surface area contributed by atoms with Crippen LogP contribution in [0.2, 0.25) is 0 Å². The lowest BCUT2D eigenvalue weighted by Gasteiger charge is -2.05. The molecule has 0 saturated heterocycles. The number of fused-ring (bicyclic) bond motifs is 1. The highest BCUT2D eigenvalue weighted by molar-refractivity contribution is 6.02. The van der Waals surface area contributed by atoms with Crippen molar-refractivity contribution in [2.75, 3.05) is 0 Å². The fourth-order valence-electron chi connectivity index (χ4n) is 2.34. The molecule has 0 bridgehead atoms. The summed E-state index contributed by atoms with van der Waals surface area (Å²) in [6.07, 6.45) is 3.02. The number of aliphatic imine (C=N–C) groups is 1. The maximum Gasteiger partial charge on any atom is 0.278 e. The Kier molecular flexibility index (Phi) is 3.72. The van der Waals surface area contributed by atoms with E-state index in [1.165, 1.54) is 12.3 Å². The van der Waals surface area contributed by atoms with E-state index in [2.05, 4.69) is 9.98 Å². The highest BCUT2D eigenvalue weighted by atomic mass is 16.6. The van der Waals surface area contributed by atoms with Crippen LogP contribution < -0.4 is 0 Å². The van der Waals surface area contributed by atoms with Crippen molar-refractivity contribution >= 4 is 28.5 Å². The SMILES string of the molecule is Cc1ccnc(N=Cc2cc([N+](=O)[O-])c3ccccc3c2O)c1. The Morgan fingerprint density at radius 1 is 1.22 bits per heavy atom. The third kappa shape index (κ3) is 2.87. The van der Waals surface area contributed by atoms with Gasteiger partial charge >= 0.3 is 0 Å². The summed E-state index contributed by atoms with van der Waals surface area (Å²) in [5, 5.41) is 22.4. The number of nitro groups is 1. The van der Waals surface area contributed by atoms with Gasteiger partial charge in [-0.05, 0) is 30.7 Å². The number of pyridine rings is 1. The Bertz CT molecular complexity index is 936. The molecule has 23 heavy (non-hydrogen) atoms. The molecule has 6 heteroatoms. The summed E-state index contributed by atoms with van der Waals surface area (Å²) < 4.78 is 0. The second-order valence-electron chi connectivity index (χ2n) is 5.09. The molecule has 3 aromatic rings.